The van der Waals surface area contributed by atoms with Gasteiger partial charge in [-0.25, -0.2) is 0 Å². The number of nitriles is 1. The highest BCUT2D eigenvalue weighted by atomic mass is 79.9. The molecule has 7 nitrogen and oxygen atoms in total. The summed E-state index contributed by atoms with van der Waals surface area (Å²) >= 11 is 3.17. The molecule has 0 radical (unpaired) electrons. The number of rotatable bonds is 0. The van der Waals surface area contributed by atoms with Crippen molar-refractivity contribution < 1.29 is 19.2 Å². The van der Waals surface area contributed by atoms with Crippen LogP contribution in [-0.4, -0.2) is 23.6 Å². The Morgan fingerprint density at radius 3 is 1.83 bits per heavy atom. The Kier molecular flexibility index (Phi) is 2.51. The maximum absolute atomic E-state index is 12.2. The molecule has 2 aromatic carbocycles. The fourth-order valence-corrected chi connectivity index (χ4v) is 3.65. The zero-order valence-corrected chi connectivity index (χ0v) is 12.7. The van der Waals surface area contributed by atoms with Gasteiger partial charge in [-0.3, -0.25) is 29.8 Å². The summed E-state index contributed by atoms with van der Waals surface area (Å²) in [5, 5.41) is 14.1. The lowest BCUT2D eigenvalue weighted by Crippen LogP contribution is -2.39. The molecule has 2 aliphatic rings. The van der Waals surface area contributed by atoms with Gasteiger partial charge in [0.1, 0.15) is 6.07 Å². The normalized spacial score (nSPS) is 15.3. The van der Waals surface area contributed by atoms with Crippen LogP contribution in [0.2, 0.25) is 0 Å². The Bertz CT molecular complexity index is 1070. The predicted molar refractivity (Wildman–Crippen MR) is 80.0 cm³/mol. The van der Waals surface area contributed by atoms with E-state index in [-0.39, 0.29) is 43.1 Å². The van der Waals surface area contributed by atoms with Gasteiger partial charge in [-0.1, -0.05) is 0 Å². The molecule has 2 N–H and O–H groups in total. The molecule has 0 fully saturated rings. The van der Waals surface area contributed by atoms with Crippen molar-refractivity contribution in [1.82, 2.24) is 10.6 Å². The fraction of sp³-hybridized carbons (Fsp3) is 0. The van der Waals surface area contributed by atoms with Crippen LogP contribution in [0.15, 0.2) is 16.6 Å². The number of imide groups is 2. The summed E-state index contributed by atoms with van der Waals surface area (Å²) in [4.78, 5) is 48.5. The van der Waals surface area contributed by atoms with Gasteiger partial charge in [0.25, 0.3) is 23.6 Å². The molecule has 0 aromatic heterocycles. The summed E-state index contributed by atoms with van der Waals surface area (Å²) < 4.78 is 0.121. The number of hydrogen-bond acceptors (Lipinski definition) is 5. The van der Waals surface area contributed by atoms with Crippen LogP contribution in [0.25, 0.3) is 10.8 Å². The van der Waals surface area contributed by atoms with Gasteiger partial charge in [0.15, 0.2) is 0 Å². The zero-order chi connectivity index (χ0) is 16.5. The highest BCUT2D eigenvalue weighted by molar-refractivity contribution is 9.10. The first-order valence-corrected chi connectivity index (χ1v) is 7.18. The van der Waals surface area contributed by atoms with Crippen LogP contribution < -0.4 is 10.6 Å². The minimum Gasteiger partial charge on any atom is -0.288 e. The van der Waals surface area contributed by atoms with E-state index in [0.717, 1.165) is 0 Å². The summed E-state index contributed by atoms with van der Waals surface area (Å²) in [7, 11) is 0. The summed E-state index contributed by atoms with van der Waals surface area (Å²) in [5.74, 6) is -2.67. The van der Waals surface area contributed by atoms with E-state index in [4.69, 9.17) is 0 Å². The van der Waals surface area contributed by atoms with E-state index in [1.54, 1.807) is 0 Å². The molecule has 0 unspecified atom stereocenters. The number of halogens is 1. The number of carbonyl (C=O) groups is 4. The lowest BCUT2D eigenvalue weighted by molar-refractivity contribution is 0.0823. The molecule has 0 saturated heterocycles. The molecular formula is C15H4BrN3O4. The van der Waals surface area contributed by atoms with Gasteiger partial charge in [0, 0.05) is 26.4 Å². The van der Waals surface area contributed by atoms with Crippen molar-refractivity contribution in [1.29, 1.82) is 5.26 Å². The van der Waals surface area contributed by atoms with E-state index >= 15 is 0 Å². The first kappa shape index (κ1) is 13.6. The molecule has 2 aliphatic heterocycles. The standard InChI is InChI=1S/C15H4BrN3O4/c16-11-6(3-17)9-7-4(12(20)18-14(9)22)1-2-5-8(7)10(11)15(23)19-13(5)21/h1-2H,(H,18,20,22)(H,19,21,23). The number of benzene rings is 2. The molecule has 0 spiro atoms. The molecule has 23 heavy (non-hydrogen) atoms. The molecule has 2 heterocycles. The minimum atomic E-state index is -0.734. The minimum absolute atomic E-state index is 0.0166. The van der Waals surface area contributed by atoms with E-state index in [2.05, 4.69) is 26.6 Å². The predicted octanol–water partition coefficient (Wildman–Crippen LogP) is 1.24. The van der Waals surface area contributed by atoms with Crippen molar-refractivity contribution in [3.63, 3.8) is 0 Å². The van der Waals surface area contributed by atoms with Crippen LogP contribution in [0.3, 0.4) is 0 Å². The highest BCUT2D eigenvalue weighted by Crippen LogP contribution is 2.40. The molecule has 110 valence electrons. The Morgan fingerprint density at radius 1 is 0.826 bits per heavy atom. The number of amides is 4. The maximum atomic E-state index is 12.2. The quantitative estimate of drug-likeness (QED) is 0.677. The smallest absolute Gasteiger partial charge is 0.260 e. The fourth-order valence-electron chi connectivity index (χ4n) is 2.98. The number of nitrogens with one attached hydrogen (secondary N) is 2. The van der Waals surface area contributed by atoms with Crippen molar-refractivity contribution in [2.45, 2.75) is 0 Å². The van der Waals surface area contributed by atoms with E-state index in [1.165, 1.54) is 12.1 Å². The summed E-state index contributed by atoms with van der Waals surface area (Å²) in [6, 6.07) is 4.70. The largest absolute Gasteiger partial charge is 0.288 e. The van der Waals surface area contributed by atoms with E-state index in [1.807, 2.05) is 6.07 Å². The van der Waals surface area contributed by atoms with Gasteiger partial charge in [-0.15, -0.1) is 0 Å². The summed E-state index contributed by atoms with van der Waals surface area (Å²) in [5.41, 5.74) is 0.315. The molecule has 0 aliphatic carbocycles. The van der Waals surface area contributed by atoms with E-state index < -0.39 is 23.6 Å². The summed E-state index contributed by atoms with van der Waals surface area (Å²) in [6.07, 6.45) is 0. The second-order valence-electron chi connectivity index (χ2n) is 5.03. The molecule has 0 bridgehead atoms. The molecular weight excluding hydrogens is 366 g/mol. The van der Waals surface area contributed by atoms with Crippen molar-refractivity contribution in [2.24, 2.45) is 0 Å². The highest BCUT2D eigenvalue weighted by Gasteiger charge is 2.37. The van der Waals surface area contributed by atoms with Crippen LogP contribution in [-0.2, 0) is 0 Å². The SMILES string of the molecule is N#Cc1c(Br)c2c3c(ccc4c3c1C(=O)NC4=O)C(=O)NC2=O. The summed E-state index contributed by atoms with van der Waals surface area (Å²) in [6.45, 7) is 0. The molecule has 4 amide bonds. The Labute approximate surface area is 136 Å². The number of carbonyl (C=O) groups excluding carboxylic acids is 4. The first-order chi connectivity index (χ1) is 11.0. The first-order valence-electron chi connectivity index (χ1n) is 6.39. The Morgan fingerprint density at radius 2 is 1.30 bits per heavy atom. The second-order valence-corrected chi connectivity index (χ2v) is 5.82. The maximum Gasteiger partial charge on any atom is 0.260 e. The third-order valence-corrected chi connectivity index (χ3v) is 4.70. The van der Waals surface area contributed by atoms with Gasteiger partial charge in [0.05, 0.1) is 16.7 Å². The molecule has 0 atom stereocenters. The Hall–Kier alpha value is -3.05. The van der Waals surface area contributed by atoms with Gasteiger partial charge in [0.2, 0.25) is 0 Å². The van der Waals surface area contributed by atoms with Gasteiger partial charge in [-0.05, 0) is 28.1 Å². The molecule has 4 rings (SSSR count). The van der Waals surface area contributed by atoms with Crippen LogP contribution in [0.1, 0.15) is 47.0 Å². The van der Waals surface area contributed by atoms with Gasteiger partial charge >= 0.3 is 0 Å². The molecule has 0 saturated carbocycles. The zero-order valence-electron chi connectivity index (χ0n) is 11.1. The lowest BCUT2D eigenvalue weighted by Gasteiger charge is -2.25. The van der Waals surface area contributed by atoms with Gasteiger partial charge < -0.3 is 0 Å². The van der Waals surface area contributed by atoms with Crippen LogP contribution >= 0.6 is 15.9 Å². The number of nitrogens with zero attached hydrogens (tertiary/aromatic N) is 1. The topological polar surface area (TPSA) is 116 Å². The van der Waals surface area contributed by atoms with Crippen LogP contribution in [0.4, 0.5) is 0 Å². The third kappa shape index (κ3) is 1.51. The molecule has 2 aromatic rings. The number of hydrogen-bond donors (Lipinski definition) is 2. The van der Waals surface area contributed by atoms with Gasteiger partial charge in [-0.2, -0.15) is 5.26 Å². The average Bonchev–Trinajstić information content (AvgIpc) is 2.50. The van der Waals surface area contributed by atoms with Crippen molar-refractivity contribution >= 4 is 50.3 Å². The van der Waals surface area contributed by atoms with Crippen LogP contribution in [0, 0.1) is 11.3 Å². The van der Waals surface area contributed by atoms with Crippen molar-refractivity contribution in [3.05, 3.63) is 44.4 Å². The van der Waals surface area contributed by atoms with E-state index in [0.29, 0.717) is 0 Å². The molecule has 8 heteroatoms. The van der Waals surface area contributed by atoms with Crippen molar-refractivity contribution in [2.75, 3.05) is 0 Å². The Balaban J connectivity index is 2.39. The van der Waals surface area contributed by atoms with E-state index in [9.17, 15) is 24.4 Å². The second kappa shape index (κ2) is 4.24. The lowest BCUT2D eigenvalue weighted by atomic mass is 9.84. The van der Waals surface area contributed by atoms with Crippen LogP contribution in [0.5, 0.6) is 0 Å². The monoisotopic (exact) mass is 369 g/mol. The average molecular weight is 370 g/mol. The third-order valence-electron chi connectivity index (χ3n) is 3.90. The van der Waals surface area contributed by atoms with Crippen molar-refractivity contribution in [3.8, 4) is 6.07 Å².